The summed E-state index contributed by atoms with van der Waals surface area (Å²) in [7, 11) is 0. The zero-order valence-corrected chi connectivity index (χ0v) is 7.35. The Morgan fingerprint density at radius 3 is 2.00 bits per heavy atom. The van der Waals surface area contributed by atoms with E-state index in [0.717, 1.165) is 0 Å². The lowest BCUT2D eigenvalue weighted by molar-refractivity contribution is -0.469. The minimum atomic E-state index is -1.41. The molecule has 0 fully saturated rings. The minimum absolute atomic E-state index is 0.211. The molecule has 0 aromatic carbocycles. The average molecular weight is 193 g/mol. The molecule has 0 amide bonds. The van der Waals surface area contributed by atoms with Gasteiger partial charge in [-0.15, -0.1) is 0 Å². The summed E-state index contributed by atoms with van der Waals surface area (Å²) in [6.07, 6.45) is 0. The molecule has 7 heteroatoms. The Balaban J connectivity index is 0. The van der Waals surface area contributed by atoms with Crippen LogP contribution >= 0.6 is 0 Å². The van der Waals surface area contributed by atoms with Crippen molar-refractivity contribution >= 4 is 11.9 Å². The summed E-state index contributed by atoms with van der Waals surface area (Å²) in [5.74, 6) is -1.62. The zero-order valence-electron chi connectivity index (χ0n) is 7.35. The molecule has 0 heterocycles. The number of carboxylic acid groups (broad SMARTS) is 1. The van der Waals surface area contributed by atoms with Crippen molar-refractivity contribution in [2.24, 2.45) is 0 Å². The van der Waals surface area contributed by atoms with Crippen LogP contribution in [0.2, 0.25) is 0 Å². The lowest BCUT2D eigenvalue weighted by Crippen LogP contribution is -2.11. The van der Waals surface area contributed by atoms with Crippen LogP contribution in [-0.4, -0.2) is 35.1 Å². The maximum Gasteiger partial charge on any atom is 0.376 e. The van der Waals surface area contributed by atoms with Crippen LogP contribution in [0.4, 0.5) is 0 Å². The SMILES string of the molecule is CCOC(C)=O.O=C(O)C[N+](=O)[O-]. The molecule has 0 atom stereocenters. The van der Waals surface area contributed by atoms with Crippen molar-refractivity contribution in [2.45, 2.75) is 13.8 Å². The van der Waals surface area contributed by atoms with E-state index >= 15 is 0 Å². The second-order valence-corrected chi connectivity index (χ2v) is 1.81. The van der Waals surface area contributed by atoms with Gasteiger partial charge in [-0.2, -0.15) is 0 Å². The molecule has 0 aliphatic carbocycles. The third-order valence-electron chi connectivity index (χ3n) is 0.612. The van der Waals surface area contributed by atoms with Crippen LogP contribution in [0.1, 0.15) is 13.8 Å². The number of carboxylic acids is 1. The monoisotopic (exact) mass is 193 g/mol. The first-order valence-corrected chi connectivity index (χ1v) is 3.37. The van der Waals surface area contributed by atoms with Crippen LogP contribution < -0.4 is 0 Å². The van der Waals surface area contributed by atoms with E-state index in [0.29, 0.717) is 6.61 Å². The van der Waals surface area contributed by atoms with Crippen LogP contribution in [0, 0.1) is 10.1 Å². The van der Waals surface area contributed by atoms with E-state index in [-0.39, 0.29) is 5.97 Å². The number of ether oxygens (including phenoxy) is 1. The van der Waals surface area contributed by atoms with E-state index in [1.807, 2.05) is 0 Å². The summed E-state index contributed by atoms with van der Waals surface area (Å²) in [4.78, 5) is 27.5. The quantitative estimate of drug-likeness (QED) is 0.381. The van der Waals surface area contributed by atoms with Crippen LogP contribution in [0.25, 0.3) is 0 Å². The zero-order chi connectivity index (χ0) is 10.9. The summed E-state index contributed by atoms with van der Waals surface area (Å²) in [5.41, 5.74) is 0. The fourth-order valence-corrected chi connectivity index (χ4v) is 0.314. The summed E-state index contributed by atoms with van der Waals surface area (Å²) in [6.45, 7) is 2.65. The smallest absolute Gasteiger partial charge is 0.376 e. The van der Waals surface area contributed by atoms with Crippen molar-refractivity contribution in [2.75, 3.05) is 13.2 Å². The van der Waals surface area contributed by atoms with Crippen LogP contribution in [0.15, 0.2) is 0 Å². The third-order valence-corrected chi connectivity index (χ3v) is 0.612. The van der Waals surface area contributed by atoms with Gasteiger partial charge in [-0.1, -0.05) is 0 Å². The van der Waals surface area contributed by atoms with Gasteiger partial charge < -0.3 is 9.84 Å². The molecule has 0 aliphatic rings. The van der Waals surface area contributed by atoms with E-state index in [1.54, 1.807) is 6.92 Å². The van der Waals surface area contributed by atoms with Crippen molar-refractivity contribution in [3.05, 3.63) is 10.1 Å². The standard InChI is InChI=1S/C4H8O2.C2H3NO4/c1-3-6-4(2)5;4-2(5)1-3(6)7/h3H2,1-2H3;1H2,(H,4,5). The molecule has 0 aliphatic heterocycles. The first-order chi connectivity index (χ1) is 5.90. The van der Waals surface area contributed by atoms with Gasteiger partial charge in [0.2, 0.25) is 0 Å². The van der Waals surface area contributed by atoms with Crippen molar-refractivity contribution in [3.63, 3.8) is 0 Å². The molecule has 0 unspecified atom stereocenters. The number of nitrogens with zero attached hydrogens (tertiary/aromatic N) is 1. The number of aliphatic carboxylic acids is 1. The van der Waals surface area contributed by atoms with Gasteiger partial charge in [0.15, 0.2) is 0 Å². The minimum Gasteiger partial charge on any atom is -0.476 e. The molecule has 7 nitrogen and oxygen atoms in total. The van der Waals surface area contributed by atoms with Crippen molar-refractivity contribution in [1.29, 1.82) is 0 Å². The van der Waals surface area contributed by atoms with E-state index in [2.05, 4.69) is 4.74 Å². The fourth-order valence-electron chi connectivity index (χ4n) is 0.314. The third kappa shape index (κ3) is 25.2. The Labute approximate surface area is 74.5 Å². The molecule has 0 rings (SSSR count). The van der Waals surface area contributed by atoms with Gasteiger partial charge in [0, 0.05) is 11.8 Å². The highest BCUT2D eigenvalue weighted by Gasteiger charge is 2.03. The second-order valence-electron chi connectivity index (χ2n) is 1.81. The molecular formula is C6H11NO6. The molecule has 13 heavy (non-hydrogen) atoms. The molecule has 0 bridgehead atoms. The normalized spacial score (nSPS) is 7.85. The van der Waals surface area contributed by atoms with Gasteiger partial charge in [-0.25, -0.2) is 4.79 Å². The maximum atomic E-state index is 9.82. The van der Waals surface area contributed by atoms with Gasteiger partial charge in [-0.3, -0.25) is 14.9 Å². The molecule has 1 N–H and O–H groups in total. The second kappa shape index (κ2) is 8.44. The molecule has 0 spiro atoms. The largest absolute Gasteiger partial charge is 0.476 e. The van der Waals surface area contributed by atoms with Crippen LogP contribution in [0.3, 0.4) is 0 Å². The average Bonchev–Trinajstić information content (AvgIpc) is 1.83. The van der Waals surface area contributed by atoms with Gasteiger partial charge in [0.1, 0.15) is 0 Å². The summed E-state index contributed by atoms with van der Waals surface area (Å²) in [5, 5.41) is 16.9. The van der Waals surface area contributed by atoms with Crippen molar-refractivity contribution < 1.29 is 24.4 Å². The van der Waals surface area contributed by atoms with E-state index < -0.39 is 17.4 Å². The molecule has 0 aromatic rings. The van der Waals surface area contributed by atoms with Gasteiger partial charge in [0.05, 0.1) is 6.61 Å². The number of nitro groups is 1. The Kier molecular flexibility index (Phi) is 9.02. The molecular weight excluding hydrogens is 182 g/mol. The Morgan fingerprint density at radius 2 is 2.00 bits per heavy atom. The predicted molar refractivity (Wildman–Crippen MR) is 41.8 cm³/mol. The van der Waals surface area contributed by atoms with Crippen molar-refractivity contribution in [1.82, 2.24) is 0 Å². The number of rotatable bonds is 3. The van der Waals surface area contributed by atoms with Gasteiger partial charge in [-0.05, 0) is 6.92 Å². The fraction of sp³-hybridized carbons (Fsp3) is 0.667. The van der Waals surface area contributed by atoms with Crippen LogP contribution in [-0.2, 0) is 14.3 Å². The molecule has 76 valence electrons. The lowest BCUT2D eigenvalue weighted by Gasteiger charge is -1.89. The summed E-state index contributed by atoms with van der Waals surface area (Å²) in [6, 6.07) is 0. The number of carbonyl (C=O) groups excluding carboxylic acids is 1. The van der Waals surface area contributed by atoms with Crippen LogP contribution in [0.5, 0.6) is 0 Å². The summed E-state index contributed by atoms with van der Waals surface area (Å²) < 4.78 is 4.40. The van der Waals surface area contributed by atoms with E-state index in [9.17, 15) is 19.7 Å². The maximum absolute atomic E-state index is 9.82. The Hall–Kier alpha value is -1.66. The topological polar surface area (TPSA) is 107 Å². The first kappa shape index (κ1) is 13.9. The molecule has 0 saturated carbocycles. The number of hydrogen-bond acceptors (Lipinski definition) is 5. The first-order valence-electron chi connectivity index (χ1n) is 3.37. The summed E-state index contributed by atoms with van der Waals surface area (Å²) >= 11 is 0. The Morgan fingerprint density at radius 1 is 1.54 bits per heavy atom. The lowest BCUT2D eigenvalue weighted by atomic mass is 10.7. The highest BCUT2D eigenvalue weighted by molar-refractivity contribution is 5.67. The predicted octanol–water partition coefficient (Wildman–Crippen LogP) is -0.0829. The molecule has 0 aromatic heterocycles. The molecule has 0 radical (unpaired) electrons. The van der Waals surface area contributed by atoms with E-state index in [4.69, 9.17) is 5.11 Å². The highest BCUT2D eigenvalue weighted by Crippen LogP contribution is 1.69. The van der Waals surface area contributed by atoms with Gasteiger partial charge in [0.25, 0.3) is 6.54 Å². The van der Waals surface area contributed by atoms with Crippen molar-refractivity contribution in [3.8, 4) is 0 Å². The molecule has 0 saturated heterocycles. The number of carbonyl (C=O) groups is 2. The van der Waals surface area contributed by atoms with E-state index in [1.165, 1.54) is 6.92 Å². The number of hydrogen-bond donors (Lipinski definition) is 1. The van der Waals surface area contributed by atoms with Gasteiger partial charge >= 0.3 is 11.9 Å². The Bertz CT molecular complexity index is 178. The highest BCUT2D eigenvalue weighted by atomic mass is 16.6. The number of esters is 1.